The molecule has 1 aromatic carbocycles. The van der Waals surface area contributed by atoms with Crippen LogP contribution in [0.2, 0.25) is 0 Å². The number of carboxylic acid groups (broad SMARTS) is 1. The van der Waals surface area contributed by atoms with Gasteiger partial charge in [0, 0.05) is 6.42 Å². The van der Waals surface area contributed by atoms with E-state index >= 15 is 0 Å². The quantitative estimate of drug-likeness (QED) is 0.0993. The molecule has 15 heteroatoms. The number of carbonyl (C=O) groups is 6. The summed E-state index contributed by atoms with van der Waals surface area (Å²) >= 11 is 0. The van der Waals surface area contributed by atoms with E-state index in [0.29, 0.717) is 5.56 Å². The summed E-state index contributed by atoms with van der Waals surface area (Å²) in [7, 11) is 0. The molecule has 0 aliphatic carbocycles. The molecule has 5 amide bonds. The number of primary amides is 1. The number of rotatable bonds is 16. The van der Waals surface area contributed by atoms with Crippen molar-refractivity contribution in [1.82, 2.24) is 21.3 Å². The highest BCUT2D eigenvalue weighted by Crippen LogP contribution is 2.12. The third-order valence-corrected chi connectivity index (χ3v) is 5.35. The molecular weight excluding hydrogens is 516 g/mol. The number of aliphatic carboxylic acids is 1. The van der Waals surface area contributed by atoms with E-state index in [4.69, 9.17) is 21.7 Å². The van der Waals surface area contributed by atoms with Gasteiger partial charge in [0.2, 0.25) is 29.5 Å². The summed E-state index contributed by atoms with van der Waals surface area (Å²) in [5.74, 6) is -5.59. The molecule has 0 heterocycles. The highest BCUT2D eigenvalue weighted by molar-refractivity contribution is 5.95. The van der Waals surface area contributed by atoms with Gasteiger partial charge < -0.3 is 48.1 Å². The van der Waals surface area contributed by atoms with Gasteiger partial charge in [-0.25, -0.2) is 4.79 Å². The summed E-state index contributed by atoms with van der Waals surface area (Å²) in [6, 6.07) is 0.534. The van der Waals surface area contributed by atoms with E-state index in [9.17, 15) is 33.9 Å². The topological polar surface area (TPSA) is 263 Å². The molecule has 0 saturated carbocycles. The Kier molecular flexibility index (Phi) is 13.4. The standard InChI is InChI=1S/C24H36N6O9/c1-12(2)7-16(23(37)30-18(11-31)24(38)39)28-20(34)10-27-22(36)17(8-13-3-5-14(32)6-4-13)29-21(35)15(25)9-19(26)33/h3-6,12,15-18,31-32H,7-11,25H2,1-2H3,(H2,26,33)(H,27,36)(H,28,34)(H,29,35)(H,30,37)(H,38,39)/t15-,16-,17-,18-/m0/s1. The number of phenols is 1. The number of aromatic hydroxyl groups is 1. The predicted octanol–water partition coefficient (Wildman–Crippen LogP) is -3.17. The summed E-state index contributed by atoms with van der Waals surface area (Å²) < 4.78 is 0. The number of hydrogen-bond acceptors (Lipinski definition) is 9. The predicted molar refractivity (Wildman–Crippen MR) is 137 cm³/mol. The first-order valence-electron chi connectivity index (χ1n) is 12.1. The maximum atomic E-state index is 12.9. The van der Waals surface area contributed by atoms with Crippen LogP contribution in [-0.4, -0.2) is 88.1 Å². The number of nitrogens with two attached hydrogens (primary N) is 2. The first-order chi connectivity index (χ1) is 18.2. The molecule has 0 aliphatic rings. The molecule has 0 spiro atoms. The van der Waals surface area contributed by atoms with Crippen molar-refractivity contribution >= 4 is 35.5 Å². The summed E-state index contributed by atoms with van der Waals surface area (Å²) in [4.78, 5) is 72.6. The zero-order valence-corrected chi connectivity index (χ0v) is 21.7. The van der Waals surface area contributed by atoms with Gasteiger partial charge in [-0.2, -0.15) is 0 Å². The number of aliphatic hydroxyl groups is 1. The number of benzene rings is 1. The summed E-state index contributed by atoms with van der Waals surface area (Å²) in [5.41, 5.74) is 11.3. The van der Waals surface area contributed by atoms with E-state index in [2.05, 4.69) is 21.3 Å². The molecule has 216 valence electrons. The molecule has 0 unspecified atom stereocenters. The molecule has 1 aromatic rings. The Labute approximate surface area is 224 Å². The SMILES string of the molecule is CC(C)C[C@H](NC(=O)CNC(=O)[C@H](Cc1ccc(O)cc1)NC(=O)[C@@H](N)CC(N)=O)C(=O)N[C@@H](CO)C(=O)O. The van der Waals surface area contributed by atoms with Gasteiger partial charge in [-0.1, -0.05) is 26.0 Å². The van der Waals surface area contributed by atoms with E-state index in [1.807, 2.05) is 0 Å². The van der Waals surface area contributed by atoms with E-state index in [-0.39, 0.29) is 24.5 Å². The van der Waals surface area contributed by atoms with Gasteiger partial charge in [0.05, 0.1) is 25.6 Å². The summed E-state index contributed by atoms with van der Waals surface area (Å²) in [6.07, 6.45) is -0.375. The van der Waals surface area contributed by atoms with Gasteiger partial charge in [0.25, 0.3) is 0 Å². The lowest BCUT2D eigenvalue weighted by Gasteiger charge is -2.23. The zero-order chi connectivity index (χ0) is 29.7. The van der Waals surface area contributed by atoms with Gasteiger partial charge in [-0.3, -0.25) is 24.0 Å². The van der Waals surface area contributed by atoms with Crippen LogP contribution in [-0.2, 0) is 35.2 Å². The normalized spacial score (nSPS) is 13.9. The van der Waals surface area contributed by atoms with Crippen LogP contribution in [0, 0.1) is 5.92 Å². The number of carbonyl (C=O) groups excluding carboxylic acids is 5. The van der Waals surface area contributed by atoms with E-state index < -0.39 is 79.2 Å². The van der Waals surface area contributed by atoms with Gasteiger partial charge in [0.1, 0.15) is 23.9 Å². The molecule has 15 nitrogen and oxygen atoms in total. The summed E-state index contributed by atoms with van der Waals surface area (Å²) in [6.45, 7) is 2.10. The van der Waals surface area contributed by atoms with Crippen molar-refractivity contribution in [2.45, 2.75) is 57.3 Å². The zero-order valence-electron chi connectivity index (χ0n) is 21.7. The minimum atomic E-state index is -1.56. The van der Waals surface area contributed by atoms with Gasteiger partial charge in [-0.15, -0.1) is 0 Å². The lowest BCUT2D eigenvalue weighted by molar-refractivity contribution is -0.143. The van der Waals surface area contributed by atoms with Crippen molar-refractivity contribution in [1.29, 1.82) is 0 Å². The lowest BCUT2D eigenvalue weighted by atomic mass is 10.0. The second-order valence-corrected chi connectivity index (χ2v) is 9.26. The Morgan fingerprint density at radius 3 is 1.97 bits per heavy atom. The Morgan fingerprint density at radius 2 is 1.46 bits per heavy atom. The molecule has 0 radical (unpaired) electrons. The fourth-order valence-electron chi connectivity index (χ4n) is 3.36. The van der Waals surface area contributed by atoms with Crippen LogP contribution in [0.25, 0.3) is 0 Å². The number of phenolic OH excluding ortho intramolecular Hbond substituents is 1. The third kappa shape index (κ3) is 12.2. The van der Waals surface area contributed by atoms with Crippen molar-refractivity contribution in [3.05, 3.63) is 29.8 Å². The average molecular weight is 553 g/mol. The molecule has 4 atom stereocenters. The lowest BCUT2D eigenvalue weighted by Crippen LogP contribution is -2.56. The Hall–Kier alpha value is -4.24. The Morgan fingerprint density at radius 1 is 0.872 bits per heavy atom. The van der Waals surface area contributed by atoms with Crippen LogP contribution in [0.3, 0.4) is 0 Å². The maximum Gasteiger partial charge on any atom is 0.328 e. The number of hydrogen-bond donors (Lipinski definition) is 9. The summed E-state index contributed by atoms with van der Waals surface area (Å²) in [5, 5.41) is 37.0. The van der Waals surface area contributed by atoms with Crippen LogP contribution in [0.15, 0.2) is 24.3 Å². The number of amides is 5. The van der Waals surface area contributed by atoms with Crippen LogP contribution in [0.4, 0.5) is 0 Å². The largest absolute Gasteiger partial charge is 0.508 e. The number of aliphatic hydroxyl groups excluding tert-OH is 1. The van der Waals surface area contributed by atoms with Crippen molar-refractivity contribution in [3.8, 4) is 5.75 Å². The van der Waals surface area contributed by atoms with Gasteiger partial charge in [-0.05, 0) is 30.0 Å². The van der Waals surface area contributed by atoms with Crippen LogP contribution in [0.5, 0.6) is 5.75 Å². The number of carboxylic acids is 1. The Bertz CT molecular complexity index is 1030. The van der Waals surface area contributed by atoms with Crippen molar-refractivity contribution < 1.29 is 44.1 Å². The fraction of sp³-hybridized carbons (Fsp3) is 0.500. The molecule has 0 aromatic heterocycles. The molecule has 39 heavy (non-hydrogen) atoms. The number of nitrogens with one attached hydrogen (secondary N) is 4. The van der Waals surface area contributed by atoms with Crippen LogP contribution >= 0.6 is 0 Å². The highest BCUT2D eigenvalue weighted by Gasteiger charge is 2.28. The smallest absolute Gasteiger partial charge is 0.328 e. The van der Waals surface area contributed by atoms with Crippen molar-refractivity contribution in [2.24, 2.45) is 17.4 Å². The van der Waals surface area contributed by atoms with Gasteiger partial charge >= 0.3 is 5.97 Å². The molecular formula is C24H36N6O9. The van der Waals surface area contributed by atoms with Gasteiger partial charge in [0.15, 0.2) is 0 Å². The van der Waals surface area contributed by atoms with Crippen molar-refractivity contribution in [3.63, 3.8) is 0 Å². The van der Waals surface area contributed by atoms with E-state index in [1.54, 1.807) is 13.8 Å². The highest BCUT2D eigenvalue weighted by atomic mass is 16.4. The fourth-order valence-corrected chi connectivity index (χ4v) is 3.36. The first-order valence-corrected chi connectivity index (χ1v) is 12.1. The second-order valence-electron chi connectivity index (χ2n) is 9.26. The van der Waals surface area contributed by atoms with E-state index in [0.717, 1.165) is 0 Å². The average Bonchev–Trinajstić information content (AvgIpc) is 2.85. The molecule has 0 bridgehead atoms. The molecule has 0 aliphatic heterocycles. The monoisotopic (exact) mass is 552 g/mol. The first kappa shape index (κ1) is 32.8. The van der Waals surface area contributed by atoms with E-state index in [1.165, 1.54) is 24.3 Å². The van der Waals surface area contributed by atoms with Crippen LogP contribution < -0.4 is 32.7 Å². The van der Waals surface area contributed by atoms with Crippen molar-refractivity contribution in [2.75, 3.05) is 13.2 Å². The molecule has 0 fully saturated rings. The molecule has 11 N–H and O–H groups in total. The molecule has 0 saturated heterocycles. The minimum Gasteiger partial charge on any atom is -0.508 e. The molecule has 1 rings (SSSR count). The Balaban J connectivity index is 2.91. The van der Waals surface area contributed by atoms with Crippen LogP contribution in [0.1, 0.15) is 32.3 Å². The maximum absolute atomic E-state index is 12.9. The minimum absolute atomic E-state index is 0.0161. The second kappa shape index (κ2) is 15.9. The third-order valence-electron chi connectivity index (χ3n) is 5.35.